The molecule has 86 valence electrons. The molecule has 0 radical (unpaired) electrons. The maximum Gasteiger partial charge on any atom is 0.295 e. The maximum atomic E-state index is 5.56. The average Bonchev–Trinajstić information content (AvgIpc) is 2.57. The van der Waals surface area contributed by atoms with Gasteiger partial charge in [0.2, 0.25) is 0 Å². The highest BCUT2D eigenvalue weighted by atomic mass is 16.4. The number of para-hydroxylation sites is 2. The fraction of sp³-hybridized carbons (Fsp3) is 0.462. The van der Waals surface area contributed by atoms with Crippen LogP contribution in [0.5, 0.6) is 0 Å². The molecule has 2 rings (SSSR count). The predicted octanol–water partition coefficient (Wildman–Crippen LogP) is 3.68. The molecule has 0 aliphatic rings. The molecular weight excluding hydrogens is 200 g/mol. The number of benzene rings is 1. The first-order valence-electron chi connectivity index (χ1n) is 5.64. The van der Waals surface area contributed by atoms with Gasteiger partial charge in [0.15, 0.2) is 5.58 Å². The smallest absolute Gasteiger partial charge is 0.295 e. The number of hydrogen-bond donors (Lipinski definition) is 1. The molecule has 1 heterocycles. The lowest BCUT2D eigenvalue weighted by Crippen LogP contribution is -2.12. The molecule has 1 aromatic heterocycles. The fourth-order valence-corrected chi connectivity index (χ4v) is 1.49. The van der Waals surface area contributed by atoms with Gasteiger partial charge in [-0.25, -0.2) is 0 Å². The lowest BCUT2D eigenvalue weighted by atomic mass is 9.92. The molecular formula is C13H18N2O. The molecule has 0 fully saturated rings. The van der Waals surface area contributed by atoms with Crippen molar-refractivity contribution in [2.45, 2.75) is 27.2 Å². The summed E-state index contributed by atoms with van der Waals surface area (Å²) in [5.74, 6) is 0. The number of fused-ring (bicyclic) bond motifs is 1. The molecule has 3 heteroatoms. The van der Waals surface area contributed by atoms with Gasteiger partial charge in [0.25, 0.3) is 6.01 Å². The monoisotopic (exact) mass is 218 g/mol. The molecule has 0 amide bonds. The third-order valence-electron chi connectivity index (χ3n) is 2.45. The van der Waals surface area contributed by atoms with Gasteiger partial charge in [-0.3, -0.25) is 0 Å². The highest BCUT2D eigenvalue weighted by molar-refractivity contribution is 5.74. The largest absolute Gasteiger partial charge is 0.424 e. The van der Waals surface area contributed by atoms with E-state index in [4.69, 9.17) is 4.42 Å². The van der Waals surface area contributed by atoms with Crippen LogP contribution < -0.4 is 5.32 Å². The average molecular weight is 218 g/mol. The molecule has 0 aliphatic heterocycles. The van der Waals surface area contributed by atoms with Gasteiger partial charge in [0, 0.05) is 6.54 Å². The third kappa shape index (κ3) is 2.75. The van der Waals surface area contributed by atoms with Crippen LogP contribution in [0.15, 0.2) is 28.7 Å². The predicted molar refractivity (Wildman–Crippen MR) is 66.6 cm³/mol. The molecule has 0 saturated heterocycles. The van der Waals surface area contributed by atoms with Gasteiger partial charge in [-0.05, 0) is 24.0 Å². The molecule has 0 bridgehead atoms. The Morgan fingerprint density at radius 3 is 2.69 bits per heavy atom. The van der Waals surface area contributed by atoms with Crippen LogP contribution in [-0.4, -0.2) is 11.5 Å². The van der Waals surface area contributed by atoms with E-state index in [1.165, 1.54) is 0 Å². The van der Waals surface area contributed by atoms with Gasteiger partial charge < -0.3 is 9.73 Å². The zero-order valence-electron chi connectivity index (χ0n) is 10.1. The first-order chi connectivity index (χ1) is 7.54. The third-order valence-corrected chi connectivity index (χ3v) is 2.45. The highest BCUT2D eigenvalue weighted by Gasteiger charge is 2.10. The summed E-state index contributed by atoms with van der Waals surface area (Å²) < 4.78 is 5.56. The molecule has 16 heavy (non-hydrogen) atoms. The Bertz CT molecular complexity index is 435. The number of aromatic nitrogens is 1. The Morgan fingerprint density at radius 2 is 2.00 bits per heavy atom. The number of rotatable bonds is 3. The molecule has 0 atom stereocenters. The molecule has 0 spiro atoms. The topological polar surface area (TPSA) is 38.1 Å². The van der Waals surface area contributed by atoms with E-state index < -0.39 is 0 Å². The van der Waals surface area contributed by atoms with Crippen LogP contribution in [0.25, 0.3) is 11.1 Å². The Balaban J connectivity index is 2.00. The number of nitrogens with one attached hydrogen (secondary N) is 1. The first kappa shape index (κ1) is 11.0. The Kier molecular flexibility index (Phi) is 2.86. The van der Waals surface area contributed by atoms with Crippen molar-refractivity contribution in [3.8, 4) is 0 Å². The van der Waals surface area contributed by atoms with Crippen LogP contribution in [-0.2, 0) is 0 Å². The van der Waals surface area contributed by atoms with Crippen molar-refractivity contribution in [1.82, 2.24) is 4.98 Å². The second-order valence-corrected chi connectivity index (χ2v) is 5.22. The highest BCUT2D eigenvalue weighted by Crippen LogP contribution is 2.20. The van der Waals surface area contributed by atoms with Gasteiger partial charge in [0.05, 0.1) is 0 Å². The van der Waals surface area contributed by atoms with E-state index in [1.54, 1.807) is 0 Å². The second-order valence-electron chi connectivity index (χ2n) is 5.22. The Hall–Kier alpha value is -1.51. The van der Waals surface area contributed by atoms with E-state index in [1.807, 2.05) is 24.3 Å². The zero-order valence-corrected chi connectivity index (χ0v) is 10.1. The summed E-state index contributed by atoms with van der Waals surface area (Å²) in [5.41, 5.74) is 2.07. The second kappa shape index (κ2) is 4.16. The summed E-state index contributed by atoms with van der Waals surface area (Å²) in [7, 11) is 0. The normalized spacial score (nSPS) is 11.9. The van der Waals surface area contributed by atoms with E-state index in [-0.39, 0.29) is 0 Å². The van der Waals surface area contributed by atoms with Crippen LogP contribution in [0.2, 0.25) is 0 Å². The van der Waals surface area contributed by atoms with E-state index in [0.29, 0.717) is 11.4 Å². The molecule has 3 nitrogen and oxygen atoms in total. The summed E-state index contributed by atoms with van der Waals surface area (Å²) in [6.07, 6.45) is 1.09. The van der Waals surface area contributed by atoms with Crippen LogP contribution in [0, 0.1) is 5.41 Å². The minimum Gasteiger partial charge on any atom is -0.424 e. The maximum absolute atomic E-state index is 5.56. The Morgan fingerprint density at radius 1 is 1.25 bits per heavy atom. The van der Waals surface area contributed by atoms with Gasteiger partial charge >= 0.3 is 0 Å². The van der Waals surface area contributed by atoms with Crippen molar-refractivity contribution in [1.29, 1.82) is 0 Å². The van der Waals surface area contributed by atoms with Crippen molar-refractivity contribution in [3.05, 3.63) is 24.3 Å². The van der Waals surface area contributed by atoms with Crippen molar-refractivity contribution in [3.63, 3.8) is 0 Å². The SMILES string of the molecule is CC(C)(C)CCNc1nc2ccccc2o1. The van der Waals surface area contributed by atoms with Crippen molar-refractivity contribution < 1.29 is 4.42 Å². The fourth-order valence-electron chi connectivity index (χ4n) is 1.49. The molecule has 0 aliphatic carbocycles. The van der Waals surface area contributed by atoms with E-state index in [0.717, 1.165) is 24.1 Å². The minimum absolute atomic E-state index is 0.332. The van der Waals surface area contributed by atoms with Crippen LogP contribution in [0.4, 0.5) is 6.01 Å². The summed E-state index contributed by atoms with van der Waals surface area (Å²) in [6, 6.07) is 8.41. The number of nitrogens with zero attached hydrogens (tertiary/aromatic N) is 1. The van der Waals surface area contributed by atoms with Crippen molar-refractivity contribution in [2.75, 3.05) is 11.9 Å². The first-order valence-corrected chi connectivity index (χ1v) is 5.64. The van der Waals surface area contributed by atoms with Crippen molar-refractivity contribution >= 4 is 17.1 Å². The van der Waals surface area contributed by atoms with E-state index >= 15 is 0 Å². The van der Waals surface area contributed by atoms with Crippen LogP contribution in [0.3, 0.4) is 0 Å². The number of oxazole rings is 1. The van der Waals surface area contributed by atoms with Gasteiger partial charge in [-0.15, -0.1) is 0 Å². The summed E-state index contributed by atoms with van der Waals surface area (Å²) in [6.45, 7) is 7.55. The summed E-state index contributed by atoms with van der Waals surface area (Å²) in [4.78, 5) is 4.35. The van der Waals surface area contributed by atoms with E-state index in [2.05, 4.69) is 31.1 Å². The van der Waals surface area contributed by atoms with Gasteiger partial charge in [0.1, 0.15) is 5.52 Å². The molecule has 2 aromatic rings. The van der Waals surface area contributed by atoms with Crippen molar-refractivity contribution in [2.24, 2.45) is 5.41 Å². The number of anilines is 1. The van der Waals surface area contributed by atoms with Gasteiger partial charge in [-0.2, -0.15) is 4.98 Å². The van der Waals surface area contributed by atoms with Crippen LogP contribution >= 0.6 is 0 Å². The standard InChI is InChI=1S/C13H18N2O/c1-13(2,3)8-9-14-12-15-10-6-4-5-7-11(10)16-12/h4-7H,8-9H2,1-3H3,(H,14,15). The minimum atomic E-state index is 0.332. The molecule has 1 N–H and O–H groups in total. The summed E-state index contributed by atoms with van der Waals surface area (Å²) in [5, 5.41) is 3.21. The van der Waals surface area contributed by atoms with Gasteiger partial charge in [-0.1, -0.05) is 32.9 Å². The zero-order chi connectivity index (χ0) is 11.6. The lowest BCUT2D eigenvalue weighted by Gasteiger charge is -2.17. The molecule has 0 saturated carbocycles. The number of hydrogen-bond acceptors (Lipinski definition) is 3. The van der Waals surface area contributed by atoms with E-state index in [9.17, 15) is 0 Å². The van der Waals surface area contributed by atoms with Crippen LogP contribution in [0.1, 0.15) is 27.2 Å². The quantitative estimate of drug-likeness (QED) is 0.854. The molecule has 1 aromatic carbocycles. The molecule has 0 unspecified atom stereocenters. The Labute approximate surface area is 95.9 Å². The summed E-state index contributed by atoms with van der Waals surface area (Å²) >= 11 is 0. The lowest BCUT2D eigenvalue weighted by molar-refractivity contribution is 0.388.